The Morgan fingerprint density at radius 1 is 1.42 bits per heavy atom. The summed E-state index contributed by atoms with van der Waals surface area (Å²) in [5.74, 6) is 0.656. The third kappa shape index (κ3) is 3.46. The average Bonchev–Trinajstić information content (AvgIpc) is 2.54. The first-order chi connectivity index (χ1) is 11.6. The van der Waals surface area contributed by atoms with E-state index in [0.717, 1.165) is 30.6 Å². The van der Waals surface area contributed by atoms with E-state index >= 15 is 0 Å². The van der Waals surface area contributed by atoms with Crippen LogP contribution in [0.15, 0.2) is 35.5 Å². The Morgan fingerprint density at radius 3 is 3.00 bits per heavy atom. The zero-order chi connectivity index (χ0) is 17.1. The Kier molecular flexibility index (Phi) is 4.90. The fourth-order valence-electron chi connectivity index (χ4n) is 3.85. The standard InChI is InChI=1S/C19H24N4O/c1-13-8-15(11-23(10-13)12-18(20)24)16-6-5-14(9-21-2)19-17(16)4-3-7-22-19/h3-7,9,13,15H,8,10-12H2,1-2H3,(H2,20,24)/b21-9+/t13-,15+/m1/s1. The molecule has 0 aliphatic carbocycles. The largest absolute Gasteiger partial charge is 0.369 e. The lowest BCUT2D eigenvalue weighted by atomic mass is 9.83. The van der Waals surface area contributed by atoms with Crippen molar-refractivity contribution in [2.75, 3.05) is 26.7 Å². The smallest absolute Gasteiger partial charge is 0.231 e. The fraction of sp³-hybridized carbons (Fsp3) is 0.421. The number of primary amides is 1. The van der Waals surface area contributed by atoms with E-state index in [2.05, 4.69) is 40.0 Å². The number of rotatable bonds is 4. The van der Waals surface area contributed by atoms with Crippen LogP contribution in [0.1, 0.15) is 30.4 Å². The number of aromatic nitrogens is 1. The second kappa shape index (κ2) is 7.09. The molecule has 126 valence electrons. The Morgan fingerprint density at radius 2 is 2.25 bits per heavy atom. The Balaban J connectivity index is 1.99. The third-order valence-corrected chi connectivity index (χ3v) is 4.66. The first-order valence-electron chi connectivity index (χ1n) is 8.39. The summed E-state index contributed by atoms with van der Waals surface area (Å²) >= 11 is 0. The van der Waals surface area contributed by atoms with Gasteiger partial charge in [0.1, 0.15) is 0 Å². The number of carbonyl (C=O) groups excluding carboxylic acids is 1. The Bertz CT molecular complexity index is 771. The predicted molar refractivity (Wildman–Crippen MR) is 97.4 cm³/mol. The van der Waals surface area contributed by atoms with Gasteiger partial charge in [-0.3, -0.25) is 19.7 Å². The summed E-state index contributed by atoms with van der Waals surface area (Å²) in [5.41, 5.74) is 8.71. The molecule has 1 fully saturated rings. The lowest BCUT2D eigenvalue weighted by Crippen LogP contribution is -2.43. The van der Waals surface area contributed by atoms with Gasteiger partial charge < -0.3 is 5.73 Å². The van der Waals surface area contributed by atoms with Gasteiger partial charge in [0.05, 0.1) is 12.1 Å². The number of hydrogen-bond donors (Lipinski definition) is 1. The van der Waals surface area contributed by atoms with E-state index in [4.69, 9.17) is 5.73 Å². The van der Waals surface area contributed by atoms with Crippen LogP contribution in [0.5, 0.6) is 0 Å². The maximum atomic E-state index is 11.3. The molecule has 2 heterocycles. The number of amides is 1. The number of likely N-dealkylation sites (tertiary alicyclic amines) is 1. The van der Waals surface area contributed by atoms with Crippen LogP contribution in [-0.2, 0) is 4.79 Å². The van der Waals surface area contributed by atoms with Crippen molar-refractivity contribution in [2.45, 2.75) is 19.3 Å². The van der Waals surface area contributed by atoms with Gasteiger partial charge in [-0.25, -0.2) is 0 Å². The fourth-order valence-corrected chi connectivity index (χ4v) is 3.85. The lowest BCUT2D eigenvalue weighted by molar-refractivity contribution is -0.119. The number of pyridine rings is 1. The van der Waals surface area contributed by atoms with Gasteiger partial charge in [0.2, 0.25) is 5.91 Å². The Hall–Kier alpha value is -2.27. The molecule has 0 bridgehead atoms. The zero-order valence-electron chi connectivity index (χ0n) is 14.3. The van der Waals surface area contributed by atoms with Gasteiger partial charge >= 0.3 is 0 Å². The van der Waals surface area contributed by atoms with E-state index in [1.165, 1.54) is 10.9 Å². The van der Waals surface area contributed by atoms with Gasteiger partial charge in [0.25, 0.3) is 0 Å². The highest BCUT2D eigenvalue weighted by Gasteiger charge is 2.27. The monoisotopic (exact) mass is 324 g/mol. The number of benzene rings is 1. The van der Waals surface area contributed by atoms with Gasteiger partial charge in [0, 0.05) is 43.5 Å². The van der Waals surface area contributed by atoms with Crippen LogP contribution in [0.25, 0.3) is 10.9 Å². The number of carbonyl (C=O) groups is 1. The minimum Gasteiger partial charge on any atom is -0.369 e. The molecule has 1 aromatic carbocycles. The lowest BCUT2D eigenvalue weighted by Gasteiger charge is -2.36. The topological polar surface area (TPSA) is 71.6 Å². The van der Waals surface area contributed by atoms with Crippen molar-refractivity contribution < 1.29 is 4.79 Å². The quantitative estimate of drug-likeness (QED) is 0.876. The van der Waals surface area contributed by atoms with Crippen LogP contribution in [0.4, 0.5) is 0 Å². The molecule has 2 aromatic rings. The molecule has 0 spiro atoms. The van der Waals surface area contributed by atoms with Crippen LogP contribution in [0.2, 0.25) is 0 Å². The van der Waals surface area contributed by atoms with Crippen LogP contribution < -0.4 is 5.73 Å². The highest BCUT2D eigenvalue weighted by Crippen LogP contribution is 2.34. The van der Waals surface area contributed by atoms with Crippen LogP contribution in [-0.4, -0.2) is 48.7 Å². The van der Waals surface area contributed by atoms with Gasteiger partial charge in [-0.1, -0.05) is 25.1 Å². The van der Waals surface area contributed by atoms with Gasteiger partial charge in [0.15, 0.2) is 0 Å². The van der Waals surface area contributed by atoms with Crippen molar-refractivity contribution in [3.8, 4) is 0 Å². The molecule has 1 aromatic heterocycles. The van der Waals surface area contributed by atoms with E-state index < -0.39 is 0 Å². The number of aliphatic imine (C=N–C) groups is 1. The van der Waals surface area contributed by atoms with E-state index in [1.54, 1.807) is 7.05 Å². The molecule has 1 aliphatic heterocycles. The molecule has 0 saturated carbocycles. The minimum atomic E-state index is -0.260. The molecular weight excluding hydrogens is 300 g/mol. The van der Waals surface area contributed by atoms with E-state index in [0.29, 0.717) is 18.4 Å². The summed E-state index contributed by atoms with van der Waals surface area (Å²) in [5, 5.41) is 1.17. The highest BCUT2D eigenvalue weighted by atomic mass is 16.1. The Labute approximate surface area is 142 Å². The minimum absolute atomic E-state index is 0.260. The second-order valence-electron chi connectivity index (χ2n) is 6.73. The summed E-state index contributed by atoms with van der Waals surface area (Å²) < 4.78 is 0. The molecule has 3 rings (SSSR count). The molecule has 24 heavy (non-hydrogen) atoms. The highest BCUT2D eigenvalue weighted by molar-refractivity contribution is 5.98. The molecule has 0 unspecified atom stereocenters. The van der Waals surface area contributed by atoms with Crippen molar-refractivity contribution in [3.05, 3.63) is 41.6 Å². The number of hydrogen-bond acceptors (Lipinski definition) is 4. The molecule has 1 amide bonds. The third-order valence-electron chi connectivity index (χ3n) is 4.66. The normalized spacial score (nSPS) is 22.2. The van der Waals surface area contributed by atoms with Crippen molar-refractivity contribution >= 4 is 23.0 Å². The predicted octanol–water partition coefficient (Wildman–Crippen LogP) is 2.19. The summed E-state index contributed by atoms with van der Waals surface area (Å²) in [4.78, 5) is 22.2. The van der Waals surface area contributed by atoms with Gasteiger partial charge in [-0.05, 0) is 29.9 Å². The maximum absolute atomic E-state index is 11.3. The van der Waals surface area contributed by atoms with Crippen LogP contribution in [0, 0.1) is 5.92 Å². The van der Waals surface area contributed by atoms with Crippen molar-refractivity contribution in [3.63, 3.8) is 0 Å². The molecule has 2 atom stereocenters. The van der Waals surface area contributed by atoms with E-state index in [-0.39, 0.29) is 5.91 Å². The van der Waals surface area contributed by atoms with E-state index in [1.807, 2.05) is 18.5 Å². The molecule has 2 N–H and O–H groups in total. The van der Waals surface area contributed by atoms with Crippen molar-refractivity contribution in [1.29, 1.82) is 0 Å². The van der Waals surface area contributed by atoms with Crippen LogP contribution >= 0.6 is 0 Å². The summed E-state index contributed by atoms with van der Waals surface area (Å²) in [7, 11) is 1.77. The summed E-state index contributed by atoms with van der Waals surface area (Å²) in [6.07, 6.45) is 4.78. The molecular formula is C19H24N4O. The first kappa shape index (κ1) is 16.6. The first-order valence-corrected chi connectivity index (χ1v) is 8.39. The zero-order valence-corrected chi connectivity index (χ0v) is 14.3. The van der Waals surface area contributed by atoms with Gasteiger partial charge in [-0.2, -0.15) is 0 Å². The molecule has 1 aliphatic rings. The number of nitrogens with zero attached hydrogens (tertiary/aromatic N) is 3. The second-order valence-corrected chi connectivity index (χ2v) is 6.73. The summed E-state index contributed by atoms with van der Waals surface area (Å²) in [6.45, 7) is 4.35. The molecule has 5 nitrogen and oxygen atoms in total. The molecule has 5 heteroatoms. The van der Waals surface area contributed by atoms with Crippen molar-refractivity contribution in [1.82, 2.24) is 9.88 Å². The number of piperidine rings is 1. The number of fused-ring (bicyclic) bond motifs is 1. The SMILES string of the molecule is C/N=C/c1ccc([C@H]2C[C@@H](C)CN(CC(N)=O)C2)c2cccnc12. The average molecular weight is 324 g/mol. The van der Waals surface area contributed by atoms with Gasteiger partial charge in [-0.15, -0.1) is 0 Å². The molecule has 1 saturated heterocycles. The van der Waals surface area contributed by atoms with Crippen molar-refractivity contribution in [2.24, 2.45) is 16.6 Å². The summed E-state index contributed by atoms with van der Waals surface area (Å²) in [6, 6.07) is 8.38. The maximum Gasteiger partial charge on any atom is 0.231 e. The number of nitrogens with two attached hydrogens (primary N) is 1. The van der Waals surface area contributed by atoms with E-state index in [9.17, 15) is 4.79 Å². The van der Waals surface area contributed by atoms with Crippen LogP contribution in [0.3, 0.4) is 0 Å². The molecule has 0 radical (unpaired) electrons.